The minimum absolute atomic E-state index is 0.275. The topological polar surface area (TPSA) is 79.3 Å². The van der Waals surface area contributed by atoms with Crippen LogP contribution in [-0.4, -0.2) is 22.0 Å². The first kappa shape index (κ1) is 15.2. The number of carboxylic acids is 1. The van der Waals surface area contributed by atoms with Gasteiger partial charge in [-0.1, -0.05) is 12.1 Å². The predicted octanol–water partition coefficient (Wildman–Crippen LogP) is 3.28. The molecule has 2 N–H and O–H groups in total. The summed E-state index contributed by atoms with van der Waals surface area (Å²) >= 11 is 3.26. The van der Waals surface area contributed by atoms with Crippen LogP contribution in [0.25, 0.3) is 0 Å². The van der Waals surface area contributed by atoms with E-state index in [2.05, 4.69) is 26.2 Å². The van der Waals surface area contributed by atoms with Crippen LogP contribution in [0.15, 0.2) is 47.2 Å². The molecular weight excluding hydrogens is 336 g/mol. The van der Waals surface area contributed by atoms with Gasteiger partial charge in [-0.15, -0.1) is 0 Å². The van der Waals surface area contributed by atoms with Crippen molar-refractivity contribution in [3.8, 4) is 0 Å². The summed E-state index contributed by atoms with van der Waals surface area (Å²) in [6.45, 7) is 1.61. The average molecular weight is 349 g/mol. The summed E-state index contributed by atoms with van der Waals surface area (Å²) in [5.41, 5.74) is 1.72. The van der Waals surface area contributed by atoms with E-state index >= 15 is 0 Å². The van der Waals surface area contributed by atoms with Crippen LogP contribution in [0.2, 0.25) is 0 Å². The molecule has 1 aromatic carbocycles. The minimum atomic E-state index is -0.882. The van der Waals surface area contributed by atoms with Crippen LogP contribution < -0.4 is 5.32 Å². The maximum absolute atomic E-state index is 12.0. The van der Waals surface area contributed by atoms with E-state index in [0.29, 0.717) is 16.8 Å². The van der Waals surface area contributed by atoms with Gasteiger partial charge < -0.3 is 10.4 Å². The first-order valence-electron chi connectivity index (χ1n) is 6.22. The van der Waals surface area contributed by atoms with Crippen molar-refractivity contribution < 1.29 is 14.7 Å². The number of aromatic nitrogens is 1. The van der Waals surface area contributed by atoms with Crippen LogP contribution in [-0.2, 0) is 4.79 Å². The van der Waals surface area contributed by atoms with E-state index in [1.54, 1.807) is 43.5 Å². The van der Waals surface area contributed by atoms with Crippen LogP contribution in [0.4, 0.5) is 5.69 Å². The van der Waals surface area contributed by atoms with Crippen molar-refractivity contribution in [3.63, 3.8) is 0 Å². The SMILES string of the molecule is CC(C(=O)O)c1ccc(NC(=O)c2cncc(Br)c2)cc1. The van der Waals surface area contributed by atoms with Gasteiger partial charge in [-0.25, -0.2) is 0 Å². The molecule has 0 aliphatic carbocycles. The van der Waals surface area contributed by atoms with Crippen LogP contribution in [0.1, 0.15) is 28.8 Å². The predicted molar refractivity (Wildman–Crippen MR) is 82.4 cm³/mol. The molecule has 108 valence electrons. The highest BCUT2D eigenvalue weighted by atomic mass is 79.9. The Balaban J connectivity index is 2.10. The first-order chi connectivity index (χ1) is 9.97. The summed E-state index contributed by atoms with van der Waals surface area (Å²) in [6.07, 6.45) is 3.07. The number of nitrogens with zero attached hydrogens (tertiary/aromatic N) is 1. The maximum atomic E-state index is 12.0. The summed E-state index contributed by atoms with van der Waals surface area (Å²) in [5, 5.41) is 11.7. The van der Waals surface area contributed by atoms with Crippen molar-refractivity contribution in [3.05, 3.63) is 58.3 Å². The number of carboxylic acid groups (broad SMARTS) is 1. The van der Waals surface area contributed by atoms with Crippen LogP contribution >= 0.6 is 15.9 Å². The number of nitrogens with one attached hydrogen (secondary N) is 1. The first-order valence-corrected chi connectivity index (χ1v) is 7.01. The second-order valence-electron chi connectivity index (χ2n) is 4.53. The molecule has 21 heavy (non-hydrogen) atoms. The van der Waals surface area contributed by atoms with Crippen molar-refractivity contribution in [2.24, 2.45) is 0 Å². The number of amides is 1. The standard InChI is InChI=1S/C15H13BrN2O3/c1-9(15(20)21)10-2-4-13(5-3-10)18-14(19)11-6-12(16)8-17-7-11/h2-9H,1H3,(H,18,19)(H,20,21). The molecule has 1 unspecified atom stereocenters. The molecule has 5 nitrogen and oxygen atoms in total. The smallest absolute Gasteiger partial charge is 0.310 e. The molecule has 2 rings (SSSR count). The van der Waals surface area contributed by atoms with E-state index in [-0.39, 0.29) is 5.91 Å². The van der Waals surface area contributed by atoms with E-state index in [4.69, 9.17) is 5.11 Å². The highest BCUT2D eigenvalue weighted by Crippen LogP contribution is 2.19. The Morgan fingerprint density at radius 2 is 1.90 bits per heavy atom. The Hall–Kier alpha value is -2.21. The minimum Gasteiger partial charge on any atom is -0.481 e. The number of halogens is 1. The van der Waals surface area contributed by atoms with Gasteiger partial charge in [0.05, 0.1) is 11.5 Å². The van der Waals surface area contributed by atoms with Gasteiger partial charge in [0.2, 0.25) is 0 Å². The zero-order chi connectivity index (χ0) is 15.4. The van der Waals surface area contributed by atoms with Gasteiger partial charge >= 0.3 is 5.97 Å². The normalized spacial score (nSPS) is 11.7. The van der Waals surface area contributed by atoms with E-state index in [0.717, 1.165) is 4.47 Å². The number of hydrogen-bond donors (Lipinski definition) is 2. The zero-order valence-corrected chi connectivity index (χ0v) is 12.8. The van der Waals surface area contributed by atoms with E-state index in [1.165, 1.54) is 6.20 Å². The third-order valence-electron chi connectivity index (χ3n) is 3.01. The fraction of sp³-hybridized carbons (Fsp3) is 0.133. The number of carbonyl (C=O) groups is 2. The lowest BCUT2D eigenvalue weighted by molar-refractivity contribution is -0.138. The molecule has 0 aliphatic heterocycles. The van der Waals surface area contributed by atoms with E-state index in [1.807, 2.05) is 0 Å². The number of hydrogen-bond acceptors (Lipinski definition) is 3. The highest BCUT2D eigenvalue weighted by Gasteiger charge is 2.13. The van der Waals surface area contributed by atoms with Crippen molar-refractivity contribution in [1.29, 1.82) is 0 Å². The summed E-state index contributed by atoms with van der Waals surface area (Å²) < 4.78 is 0.723. The van der Waals surface area contributed by atoms with Gasteiger partial charge in [-0.3, -0.25) is 14.6 Å². The molecule has 1 atom stereocenters. The lowest BCUT2D eigenvalue weighted by Gasteiger charge is -2.09. The van der Waals surface area contributed by atoms with Gasteiger partial charge in [0.1, 0.15) is 0 Å². The number of aliphatic carboxylic acids is 1. The number of anilines is 1. The molecule has 0 aliphatic rings. The monoisotopic (exact) mass is 348 g/mol. The lowest BCUT2D eigenvalue weighted by atomic mass is 10.0. The van der Waals surface area contributed by atoms with Crippen LogP contribution in [0, 0.1) is 0 Å². The molecule has 2 aromatic rings. The van der Waals surface area contributed by atoms with Crippen molar-refractivity contribution in [1.82, 2.24) is 4.98 Å². The van der Waals surface area contributed by atoms with Crippen LogP contribution in [0.5, 0.6) is 0 Å². The summed E-state index contributed by atoms with van der Waals surface area (Å²) in [5.74, 6) is -1.74. The molecule has 0 saturated carbocycles. The third-order valence-corrected chi connectivity index (χ3v) is 3.44. The molecule has 1 aromatic heterocycles. The van der Waals surface area contributed by atoms with Gasteiger partial charge in [0.15, 0.2) is 0 Å². The molecule has 0 bridgehead atoms. The number of benzene rings is 1. The second kappa shape index (κ2) is 6.49. The Morgan fingerprint density at radius 3 is 2.48 bits per heavy atom. The van der Waals surface area contributed by atoms with E-state index < -0.39 is 11.9 Å². The Morgan fingerprint density at radius 1 is 1.24 bits per heavy atom. The Labute approximate surface area is 130 Å². The van der Waals surface area contributed by atoms with Crippen molar-refractivity contribution in [2.45, 2.75) is 12.8 Å². The van der Waals surface area contributed by atoms with Crippen LogP contribution in [0.3, 0.4) is 0 Å². The third kappa shape index (κ3) is 3.88. The molecule has 0 radical (unpaired) electrons. The molecule has 0 fully saturated rings. The number of carbonyl (C=O) groups excluding carboxylic acids is 1. The summed E-state index contributed by atoms with van der Waals surface area (Å²) in [6, 6.07) is 8.40. The Kier molecular flexibility index (Phi) is 4.70. The van der Waals surface area contributed by atoms with Crippen molar-refractivity contribution >= 4 is 33.5 Å². The second-order valence-corrected chi connectivity index (χ2v) is 5.44. The van der Waals surface area contributed by atoms with Gasteiger partial charge in [0.25, 0.3) is 5.91 Å². The molecule has 1 amide bonds. The van der Waals surface area contributed by atoms with Gasteiger partial charge in [0, 0.05) is 22.6 Å². The van der Waals surface area contributed by atoms with Gasteiger partial charge in [-0.05, 0) is 46.6 Å². The Bertz CT molecular complexity index is 671. The molecular formula is C15H13BrN2O3. The summed E-state index contributed by atoms with van der Waals surface area (Å²) in [4.78, 5) is 26.9. The zero-order valence-electron chi connectivity index (χ0n) is 11.2. The highest BCUT2D eigenvalue weighted by molar-refractivity contribution is 9.10. The fourth-order valence-corrected chi connectivity index (χ4v) is 2.10. The molecule has 1 heterocycles. The van der Waals surface area contributed by atoms with Gasteiger partial charge in [-0.2, -0.15) is 0 Å². The van der Waals surface area contributed by atoms with Crippen molar-refractivity contribution in [2.75, 3.05) is 5.32 Å². The lowest BCUT2D eigenvalue weighted by Crippen LogP contribution is -2.12. The quantitative estimate of drug-likeness (QED) is 0.888. The molecule has 6 heteroatoms. The largest absolute Gasteiger partial charge is 0.481 e. The fourth-order valence-electron chi connectivity index (χ4n) is 1.74. The summed E-state index contributed by atoms with van der Waals surface area (Å²) in [7, 11) is 0. The molecule has 0 spiro atoms. The van der Waals surface area contributed by atoms with E-state index in [9.17, 15) is 9.59 Å². The number of rotatable bonds is 4. The maximum Gasteiger partial charge on any atom is 0.310 e. The molecule has 0 saturated heterocycles. The average Bonchev–Trinajstić information content (AvgIpc) is 2.47. The number of pyridine rings is 1.